The van der Waals surface area contributed by atoms with Gasteiger partial charge in [-0.1, -0.05) is 28.1 Å². The maximum atomic E-state index is 12.5. The number of anilines is 1. The summed E-state index contributed by atoms with van der Waals surface area (Å²) in [7, 11) is 0. The molecular formula is C17H19N7O2. The quantitative estimate of drug-likeness (QED) is 0.766. The Balaban J connectivity index is 1.51. The van der Waals surface area contributed by atoms with Gasteiger partial charge in [0.25, 0.3) is 5.91 Å². The standard InChI is InChI=1S/C17H19N7O2/c1-11-3-5-13(6-4-11)24-12(2)16(20-22-24)17(25)18-15-9-23(21-19-15)14-7-8-26-10-14/h3-6,9,14H,7-8,10H2,1-2H3,(H,18,25). The van der Waals surface area contributed by atoms with Gasteiger partial charge in [-0.15, -0.1) is 10.2 Å². The van der Waals surface area contributed by atoms with E-state index in [0.29, 0.717) is 24.7 Å². The highest BCUT2D eigenvalue weighted by Crippen LogP contribution is 2.19. The number of rotatable bonds is 4. The van der Waals surface area contributed by atoms with Gasteiger partial charge in [0.2, 0.25) is 0 Å². The minimum atomic E-state index is -0.365. The van der Waals surface area contributed by atoms with Crippen LogP contribution in [0.1, 0.15) is 34.2 Å². The molecular weight excluding hydrogens is 334 g/mol. The highest BCUT2D eigenvalue weighted by Gasteiger charge is 2.21. The third kappa shape index (κ3) is 3.08. The number of benzene rings is 1. The first-order chi connectivity index (χ1) is 12.6. The molecule has 1 fully saturated rings. The Morgan fingerprint density at radius 2 is 2.00 bits per heavy atom. The monoisotopic (exact) mass is 353 g/mol. The van der Waals surface area contributed by atoms with Crippen molar-refractivity contribution in [1.29, 1.82) is 0 Å². The molecule has 2 aromatic heterocycles. The van der Waals surface area contributed by atoms with Crippen LogP contribution >= 0.6 is 0 Å². The minimum Gasteiger partial charge on any atom is -0.379 e. The predicted octanol–water partition coefficient (Wildman–Crippen LogP) is 1.69. The molecule has 3 heterocycles. The molecule has 1 N–H and O–H groups in total. The Bertz CT molecular complexity index is 923. The number of ether oxygens (including phenoxy) is 1. The fourth-order valence-electron chi connectivity index (χ4n) is 2.89. The molecule has 1 saturated heterocycles. The van der Waals surface area contributed by atoms with E-state index in [4.69, 9.17) is 4.74 Å². The lowest BCUT2D eigenvalue weighted by molar-refractivity contribution is 0.102. The molecule has 3 aromatic rings. The van der Waals surface area contributed by atoms with E-state index in [1.807, 2.05) is 38.1 Å². The van der Waals surface area contributed by atoms with Gasteiger partial charge in [-0.2, -0.15) is 0 Å². The van der Waals surface area contributed by atoms with Crippen molar-refractivity contribution >= 4 is 11.7 Å². The second kappa shape index (κ2) is 6.68. The van der Waals surface area contributed by atoms with Gasteiger partial charge in [0.05, 0.1) is 30.2 Å². The van der Waals surface area contributed by atoms with Gasteiger partial charge >= 0.3 is 0 Å². The maximum absolute atomic E-state index is 12.5. The Morgan fingerprint density at radius 1 is 1.19 bits per heavy atom. The summed E-state index contributed by atoms with van der Waals surface area (Å²) in [6, 6.07) is 8.02. The summed E-state index contributed by atoms with van der Waals surface area (Å²) in [5.74, 6) is 0.0155. The molecule has 9 nitrogen and oxygen atoms in total. The summed E-state index contributed by atoms with van der Waals surface area (Å²) in [5, 5.41) is 18.9. The molecule has 1 aliphatic rings. The summed E-state index contributed by atoms with van der Waals surface area (Å²) < 4.78 is 8.70. The Labute approximate surface area is 150 Å². The van der Waals surface area contributed by atoms with Gasteiger partial charge in [-0.05, 0) is 32.4 Å². The molecule has 1 aliphatic heterocycles. The van der Waals surface area contributed by atoms with Crippen LogP contribution in [0.4, 0.5) is 5.82 Å². The maximum Gasteiger partial charge on any atom is 0.279 e. The Morgan fingerprint density at radius 3 is 2.73 bits per heavy atom. The number of nitrogens with zero attached hydrogens (tertiary/aromatic N) is 6. The number of nitrogens with one attached hydrogen (secondary N) is 1. The van der Waals surface area contributed by atoms with E-state index in [9.17, 15) is 4.79 Å². The highest BCUT2D eigenvalue weighted by atomic mass is 16.5. The fourth-order valence-corrected chi connectivity index (χ4v) is 2.89. The summed E-state index contributed by atoms with van der Waals surface area (Å²) in [6.45, 7) is 5.15. The van der Waals surface area contributed by atoms with E-state index in [1.165, 1.54) is 0 Å². The van der Waals surface area contributed by atoms with Gasteiger partial charge in [-0.25, -0.2) is 9.36 Å². The third-order valence-electron chi connectivity index (χ3n) is 4.42. The summed E-state index contributed by atoms with van der Waals surface area (Å²) in [4.78, 5) is 12.5. The van der Waals surface area contributed by atoms with Crippen molar-refractivity contribution < 1.29 is 9.53 Å². The molecule has 134 valence electrons. The van der Waals surface area contributed by atoms with Crippen LogP contribution in [-0.4, -0.2) is 49.1 Å². The number of hydrogen-bond acceptors (Lipinski definition) is 6. The zero-order chi connectivity index (χ0) is 18.1. The summed E-state index contributed by atoms with van der Waals surface area (Å²) >= 11 is 0. The Hall–Kier alpha value is -3.07. The first kappa shape index (κ1) is 16.4. The summed E-state index contributed by atoms with van der Waals surface area (Å²) in [5.41, 5.74) is 2.92. The van der Waals surface area contributed by atoms with E-state index in [2.05, 4.69) is 25.9 Å². The molecule has 9 heteroatoms. The molecule has 0 aliphatic carbocycles. The number of hydrogen-bond donors (Lipinski definition) is 1. The number of carbonyl (C=O) groups excluding carboxylic acids is 1. The Kier molecular flexibility index (Phi) is 4.21. The van der Waals surface area contributed by atoms with E-state index in [0.717, 1.165) is 17.7 Å². The molecule has 1 amide bonds. The van der Waals surface area contributed by atoms with Crippen molar-refractivity contribution in [1.82, 2.24) is 30.0 Å². The fraction of sp³-hybridized carbons (Fsp3) is 0.353. The highest BCUT2D eigenvalue weighted by molar-refractivity contribution is 6.02. The molecule has 0 spiro atoms. The van der Waals surface area contributed by atoms with Crippen LogP contribution in [0.3, 0.4) is 0 Å². The zero-order valence-electron chi connectivity index (χ0n) is 14.6. The molecule has 1 atom stereocenters. The first-order valence-electron chi connectivity index (χ1n) is 8.42. The smallest absolute Gasteiger partial charge is 0.279 e. The van der Waals surface area contributed by atoms with Crippen molar-refractivity contribution in [3.8, 4) is 5.69 Å². The van der Waals surface area contributed by atoms with Crippen molar-refractivity contribution in [2.75, 3.05) is 18.5 Å². The van der Waals surface area contributed by atoms with Crippen LogP contribution < -0.4 is 5.32 Å². The zero-order valence-corrected chi connectivity index (χ0v) is 14.6. The lowest BCUT2D eigenvalue weighted by atomic mass is 10.2. The average molecular weight is 353 g/mol. The largest absolute Gasteiger partial charge is 0.379 e. The molecule has 0 radical (unpaired) electrons. The van der Waals surface area contributed by atoms with Crippen molar-refractivity contribution in [3.63, 3.8) is 0 Å². The number of amides is 1. The van der Waals surface area contributed by atoms with Gasteiger partial charge < -0.3 is 10.1 Å². The molecule has 1 aromatic carbocycles. The van der Waals surface area contributed by atoms with Crippen molar-refractivity contribution in [2.45, 2.75) is 26.3 Å². The van der Waals surface area contributed by atoms with Crippen LogP contribution in [-0.2, 0) is 4.74 Å². The van der Waals surface area contributed by atoms with Gasteiger partial charge in [0, 0.05) is 6.61 Å². The lowest BCUT2D eigenvalue weighted by Crippen LogP contribution is -2.14. The third-order valence-corrected chi connectivity index (χ3v) is 4.42. The summed E-state index contributed by atoms with van der Waals surface area (Å²) in [6.07, 6.45) is 2.59. The molecule has 0 bridgehead atoms. The lowest BCUT2D eigenvalue weighted by Gasteiger charge is -2.05. The SMILES string of the molecule is Cc1ccc(-n2nnc(C(=O)Nc3cn(C4CCOC4)nn3)c2C)cc1. The minimum absolute atomic E-state index is 0.164. The van der Waals surface area contributed by atoms with Crippen LogP contribution in [0.2, 0.25) is 0 Å². The van der Waals surface area contributed by atoms with Gasteiger partial charge in [0.1, 0.15) is 0 Å². The van der Waals surface area contributed by atoms with Crippen molar-refractivity contribution in [3.05, 3.63) is 47.4 Å². The molecule has 26 heavy (non-hydrogen) atoms. The normalized spacial score (nSPS) is 16.8. The van der Waals surface area contributed by atoms with E-state index in [1.54, 1.807) is 15.6 Å². The van der Waals surface area contributed by atoms with Crippen LogP contribution in [0.5, 0.6) is 0 Å². The number of aromatic nitrogens is 6. The van der Waals surface area contributed by atoms with E-state index < -0.39 is 0 Å². The number of aryl methyl sites for hydroxylation is 1. The topological polar surface area (TPSA) is 99.8 Å². The van der Waals surface area contributed by atoms with Gasteiger partial charge in [0.15, 0.2) is 11.5 Å². The van der Waals surface area contributed by atoms with Crippen molar-refractivity contribution in [2.24, 2.45) is 0 Å². The van der Waals surface area contributed by atoms with Crippen LogP contribution in [0.25, 0.3) is 5.69 Å². The average Bonchev–Trinajstić information content (AvgIpc) is 3.36. The van der Waals surface area contributed by atoms with Gasteiger partial charge in [-0.3, -0.25) is 4.79 Å². The first-order valence-corrected chi connectivity index (χ1v) is 8.42. The van der Waals surface area contributed by atoms with Crippen LogP contribution in [0, 0.1) is 13.8 Å². The second-order valence-electron chi connectivity index (χ2n) is 6.33. The predicted molar refractivity (Wildman–Crippen MR) is 93.3 cm³/mol. The van der Waals surface area contributed by atoms with Crippen LogP contribution in [0.15, 0.2) is 30.5 Å². The molecule has 4 rings (SSSR count). The van der Waals surface area contributed by atoms with E-state index in [-0.39, 0.29) is 17.6 Å². The molecule has 0 saturated carbocycles. The second-order valence-corrected chi connectivity index (χ2v) is 6.33. The number of carbonyl (C=O) groups is 1. The van der Waals surface area contributed by atoms with E-state index >= 15 is 0 Å². The molecule has 1 unspecified atom stereocenters.